The van der Waals surface area contributed by atoms with E-state index in [-0.39, 0.29) is 10.9 Å². The van der Waals surface area contributed by atoms with Gasteiger partial charge < -0.3 is 15.6 Å². The minimum atomic E-state index is -1.48. The second-order valence-electron chi connectivity index (χ2n) is 4.42. The third-order valence-electron chi connectivity index (χ3n) is 3.26. The van der Waals surface area contributed by atoms with Crippen LogP contribution in [0.5, 0.6) is 5.75 Å². The largest absolute Gasteiger partial charge is 0.495 e. The molecule has 6 heteroatoms. The summed E-state index contributed by atoms with van der Waals surface area (Å²) in [6.45, 7) is 0. The molecule has 1 aliphatic rings. The molecule has 0 bridgehead atoms. The minimum Gasteiger partial charge on any atom is -0.495 e. The number of benzene rings is 1. The molecule has 1 aliphatic carbocycles. The highest BCUT2D eigenvalue weighted by molar-refractivity contribution is 6.35. The average Bonchev–Trinajstić information content (AvgIpc) is 3.14. The molecule has 0 aliphatic heterocycles. The number of methoxy groups -OCH3 is 1. The van der Waals surface area contributed by atoms with Crippen molar-refractivity contribution in [3.05, 3.63) is 27.7 Å². The predicted molar refractivity (Wildman–Crippen MR) is 69.2 cm³/mol. The van der Waals surface area contributed by atoms with Gasteiger partial charge in [0.15, 0.2) is 0 Å². The van der Waals surface area contributed by atoms with Crippen LogP contribution in [-0.4, -0.2) is 18.2 Å². The maximum atomic E-state index is 11.5. The van der Waals surface area contributed by atoms with Crippen molar-refractivity contribution in [1.29, 1.82) is 0 Å². The fourth-order valence-electron chi connectivity index (χ4n) is 2.05. The van der Waals surface area contributed by atoms with Crippen LogP contribution in [0.3, 0.4) is 0 Å². The molecule has 4 nitrogen and oxygen atoms in total. The zero-order valence-electron chi connectivity index (χ0n) is 9.74. The van der Waals surface area contributed by atoms with E-state index in [0.29, 0.717) is 16.3 Å². The van der Waals surface area contributed by atoms with Gasteiger partial charge >= 0.3 is 5.97 Å². The van der Waals surface area contributed by atoms with Crippen LogP contribution in [0.25, 0.3) is 0 Å². The first-order valence-corrected chi connectivity index (χ1v) is 6.22. The van der Waals surface area contributed by atoms with Crippen LogP contribution in [0, 0.1) is 5.92 Å². The van der Waals surface area contributed by atoms with Gasteiger partial charge in [0.05, 0.1) is 17.2 Å². The summed E-state index contributed by atoms with van der Waals surface area (Å²) in [7, 11) is 1.46. The summed E-state index contributed by atoms with van der Waals surface area (Å²) in [5, 5.41) is 9.94. The van der Waals surface area contributed by atoms with Crippen LogP contribution in [0.2, 0.25) is 10.0 Å². The van der Waals surface area contributed by atoms with E-state index in [2.05, 4.69) is 0 Å². The number of halogens is 2. The predicted octanol–water partition coefficient (Wildman–Crippen LogP) is 2.65. The molecule has 1 aromatic rings. The Kier molecular flexibility index (Phi) is 3.45. The van der Waals surface area contributed by atoms with Gasteiger partial charge in [-0.2, -0.15) is 0 Å². The molecular weight excluding hydrogens is 277 g/mol. The van der Waals surface area contributed by atoms with E-state index in [0.717, 1.165) is 12.8 Å². The van der Waals surface area contributed by atoms with E-state index >= 15 is 0 Å². The van der Waals surface area contributed by atoms with Gasteiger partial charge in [-0.3, -0.25) is 0 Å². The molecule has 2 rings (SSSR count). The molecular formula is C12H13Cl2NO3. The van der Waals surface area contributed by atoms with Crippen molar-refractivity contribution in [3.63, 3.8) is 0 Å². The number of ether oxygens (including phenoxy) is 1. The Balaban J connectivity index is 2.55. The molecule has 1 atom stereocenters. The van der Waals surface area contributed by atoms with Crippen molar-refractivity contribution in [1.82, 2.24) is 0 Å². The molecule has 0 spiro atoms. The molecule has 1 saturated carbocycles. The smallest absolute Gasteiger partial charge is 0.328 e. The lowest BCUT2D eigenvalue weighted by atomic mass is 9.86. The fourth-order valence-corrected chi connectivity index (χ4v) is 2.60. The Hall–Kier alpha value is -0.970. The van der Waals surface area contributed by atoms with Gasteiger partial charge in [0.25, 0.3) is 0 Å². The Bertz CT molecular complexity index is 502. The van der Waals surface area contributed by atoms with Crippen molar-refractivity contribution < 1.29 is 14.6 Å². The molecule has 0 saturated heterocycles. The van der Waals surface area contributed by atoms with Crippen molar-refractivity contribution in [3.8, 4) is 5.75 Å². The van der Waals surface area contributed by atoms with Crippen molar-refractivity contribution >= 4 is 29.2 Å². The second-order valence-corrected chi connectivity index (χ2v) is 5.23. The normalized spacial score (nSPS) is 18.2. The highest BCUT2D eigenvalue weighted by Crippen LogP contribution is 2.47. The first kappa shape index (κ1) is 13.5. The average molecular weight is 290 g/mol. The van der Waals surface area contributed by atoms with E-state index in [1.807, 2.05) is 0 Å². The highest BCUT2D eigenvalue weighted by atomic mass is 35.5. The van der Waals surface area contributed by atoms with Gasteiger partial charge in [0.1, 0.15) is 11.3 Å². The zero-order chi connectivity index (χ0) is 13.5. The maximum Gasteiger partial charge on any atom is 0.328 e. The Labute approximate surface area is 115 Å². The second kappa shape index (κ2) is 4.61. The Morgan fingerprint density at radius 3 is 2.50 bits per heavy atom. The Morgan fingerprint density at radius 1 is 1.44 bits per heavy atom. The maximum absolute atomic E-state index is 11.5. The quantitative estimate of drug-likeness (QED) is 0.894. The lowest BCUT2D eigenvalue weighted by molar-refractivity contribution is -0.144. The summed E-state index contributed by atoms with van der Waals surface area (Å²) >= 11 is 12.1. The van der Waals surface area contributed by atoms with E-state index in [1.54, 1.807) is 0 Å². The molecule has 0 heterocycles. The number of hydrogen-bond donors (Lipinski definition) is 2. The molecule has 3 N–H and O–H groups in total. The van der Waals surface area contributed by atoms with Crippen LogP contribution in [0.15, 0.2) is 12.1 Å². The number of nitrogens with two attached hydrogens (primary N) is 1. The van der Waals surface area contributed by atoms with Crippen LogP contribution < -0.4 is 10.5 Å². The van der Waals surface area contributed by atoms with E-state index in [4.69, 9.17) is 33.7 Å². The van der Waals surface area contributed by atoms with Crippen LogP contribution in [-0.2, 0) is 10.3 Å². The topological polar surface area (TPSA) is 72.5 Å². The van der Waals surface area contributed by atoms with E-state index < -0.39 is 11.5 Å². The third kappa shape index (κ3) is 2.05. The molecule has 0 radical (unpaired) electrons. The molecule has 1 fully saturated rings. The number of aliphatic carboxylic acids is 1. The van der Waals surface area contributed by atoms with Gasteiger partial charge in [0.2, 0.25) is 0 Å². The fraction of sp³-hybridized carbons (Fsp3) is 0.417. The Morgan fingerprint density at radius 2 is 2.06 bits per heavy atom. The first-order valence-electron chi connectivity index (χ1n) is 5.47. The zero-order valence-corrected chi connectivity index (χ0v) is 11.3. The molecule has 98 valence electrons. The van der Waals surface area contributed by atoms with Gasteiger partial charge in [-0.05, 0) is 24.8 Å². The number of hydrogen-bond acceptors (Lipinski definition) is 3. The molecule has 0 amide bonds. The van der Waals surface area contributed by atoms with E-state index in [1.165, 1.54) is 19.2 Å². The van der Waals surface area contributed by atoms with Crippen LogP contribution in [0.1, 0.15) is 18.4 Å². The van der Waals surface area contributed by atoms with Gasteiger partial charge in [0, 0.05) is 11.6 Å². The SMILES string of the molecule is COc1cc(Cl)c(C(N)(C(=O)O)C2CC2)cc1Cl. The monoisotopic (exact) mass is 289 g/mol. The summed E-state index contributed by atoms with van der Waals surface area (Å²) in [4.78, 5) is 11.5. The lowest BCUT2D eigenvalue weighted by Crippen LogP contribution is -2.47. The standard InChI is InChI=1S/C12H13Cl2NO3/c1-18-10-5-8(13)7(4-9(10)14)12(15,11(16)17)6-2-3-6/h4-6H,2-3,15H2,1H3,(H,16,17). The van der Waals surface area contributed by atoms with Crippen LogP contribution >= 0.6 is 23.2 Å². The van der Waals surface area contributed by atoms with Crippen LogP contribution in [0.4, 0.5) is 0 Å². The third-order valence-corrected chi connectivity index (χ3v) is 3.87. The van der Waals surface area contributed by atoms with E-state index in [9.17, 15) is 9.90 Å². The van der Waals surface area contributed by atoms with Gasteiger partial charge in [-0.25, -0.2) is 4.79 Å². The number of carbonyl (C=O) groups is 1. The molecule has 1 aromatic carbocycles. The summed E-state index contributed by atoms with van der Waals surface area (Å²) in [5.41, 5.74) is 4.90. The summed E-state index contributed by atoms with van der Waals surface area (Å²) < 4.78 is 5.03. The minimum absolute atomic E-state index is 0.100. The lowest BCUT2D eigenvalue weighted by Gasteiger charge is -2.26. The van der Waals surface area contributed by atoms with Gasteiger partial charge in [-0.1, -0.05) is 23.2 Å². The van der Waals surface area contributed by atoms with Crippen molar-refractivity contribution in [2.24, 2.45) is 11.7 Å². The highest BCUT2D eigenvalue weighted by Gasteiger charge is 2.50. The summed E-state index contributed by atoms with van der Waals surface area (Å²) in [6, 6.07) is 2.97. The summed E-state index contributed by atoms with van der Waals surface area (Å²) in [6.07, 6.45) is 1.56. The van der Waals surface area contributed by atoms with Gasteiger partial charge in [-0.15, -0.1) is 0 Å². The molecule has 1 unspecified atom stereocenters. The molecule has 0 aromatic heterocycles. The number of rotatable bonds is 4. The molecule has 18 heavy (non-hydrogen) atoms. The van der Waals surface area contributed by atoms with Crippen molar-refractivity contribution in [2.75, 3.05) is 7.11 Å². The first-order chi connectivity index (χ1) is 8.41. The summed E-state index contributed by atoms with van der Waals surface area (Å²) in [5.74, 6) is -0.793. The van der Waals surface area contributed by atoms with Crippen molar-refractivity contribution in [2.45, 2.75) is 18.4 Å². The number of carboxylic acid groups (broad SMARTS) is 1. The number of carboxylic acids is 1.